The number of pyridine rings is 2. The largest absolute Gasteiger partial charge is 0.356 e. The minimum atomic E-state index is -3.66. The number of nitrogens with zero attached hydrogens (tertiary/aromatic N) is 6. The maximum Gasteiger partial charge on any atom is 0.274 e. The molecular weight excluding hydrogens is 1040 g/mol. The van der Waals surface area contributed by atoms with Crippen LogP contribution in [0.25, 0.3) is 32.5 Å². The molecule has 414 valence electrons. The van der Waals surface area contributed by atoms with Crippen LogP contribution in [0.3, 0.4) is 0 Å². The lowest BCUT2D eigenvalue weighted by atomic mass is 9.85. The zero-order valence-electron chi connectivity index (χ0n) is 45.2. The van der Waals surface area contributed by atoms with Crippen molar-refractivity contribution in [3.8, 4) is 21.6 Å². The van der Waals surface area contributed by atoms with Crippen molar-refractivity contribution < 1.29 is 36.4 Å². The smallest absolute Gasteiger partial charge is 0.274 e. The molecule has 4 aromatic heterocycles. The van der Waals surface area contributed by atoms with Gasteiger partial charge in [-0.15, -0.1) is 11.3 Å². The van der Waals surface area contributed by atoms with Crippen molar-refractivity contribution in [2.24, 2.45) is 17.5 Å². The molecule has 1 saturated heterocycles. The highest BCUT2D eigenvalue weighted by Gasteiger charge is 2.44. The van der Waals surface area contributed by atoms with Crippen molar-refractivity contribution in [1.29, 1.82) is 0 Å². The molecule has 3 atom stereocenters. The summed E-state index contributed by atoms with van der Waals surface area (Å²) >= 11 is 1.60. The van der Waals surface area contributed by atoms with Gasteiger partial charge in [-0.1, -0.05) is 83.6 Å². The van der Waals surface area contributed by atoms with Gasteiger partial charge in [0.15, 0.2) is 21.5 Å². The molecule has 1 fully saturated rings. The van der Waals surface area contributed by atoms with Crippen molar-refractivity contribution in [2.45, 2.75) is 135 Å². The van der Waals surface area contributed by atoms with Crippen molar-refractivity contribution in [2.75, 3.05) is 24.2 Å². The first-order valence-corrected chi connectivity index (χ1v) is 29.6. The van der Waals surface area contributed by atoms with Crippen molar-refractivity contribution >= 4 is 67.1 Å². The van der Waals surface area contributed by atoms with Gasteiger partial charge in [0.05, 0.1) is 46.3 Å². The number of H-pyrrole nitrogens is 1. The number of aliphatic imine (C=N–C) groups is 1. The predicted molar refractivity (Wildman–Crippen MR) is 299 cm³/mol. The SMILES string of the molecule is Cc1ncsc1-c1ccc([C@]2(C)N=C(C3CCCN3C(=O)C(NC(=O)CCCCCCCCCCNC(=O)c3cc4c(cc3CS(C)(=O)=O)-c3cn(C)c(=O)c5[nH]cc(c35)CN4c3ncc(F)cc3F)C(C)(C)C)NO2)cc1. The number of benzene rings is 2. The summed E-state index contributed by atoms with van der Waals surface area (Å²) in [6.07, 6.45) is 14.0. The van der Waals surface area contributed by atoms with Gasteiger partial charge in [0.25, 0.3) is 11.5 Å². The summed E-state index contributed by atoms with van der Waals surface area (Å²) in [6, 6.07) is 10.9. The predicted octanol–water partition coefficient (Wildman–Crippen LogP) is 9.40. The van der Waals surface area contributed by atoms with Gasteiger partial charge < -0.3 is 30.0 Å². The molecule has 3 aliphatic rings. The Hall–Kier alpha value is -6.84. The number of unbranched alkanes of at least 4 members (excludes halogenated alkanes) is 7. The fraction of sp³-hybridized carbons (Fsp3) is 0.456. The average molecular weight is 1110 g/mol. The molecular formula is C57H68F2N10O7S2. The third kappa shape index (κ3) is 12.1. The van der Waals surface area contributed by atoms with Crippen LogP contribution in [-0.4, -0.2) is 87.8 Å². The molecule has 0 saturated carbocycles. The van der Waals surface area contributed by atoms with Gasteiger partial charge in [0, 0.05) is 78.9 Å². The number of fused-ring (bicyclic) bond motifs is 2. The van der Waals surface area contributed by atoms with E-state index in [9.17, 15) is 32.0 Å². The molecule has 78 heavy (non-hydrogen) atoms. The molecule has 21 heteroatoms. The van der Waals surface area contributed by atoms with Gasteiger partial charge in [0.2, 0.25) is 17.5 Å². The van der Waals surface area contributed by atoms with Gasteiger partial charge in [-0.25, -0.2) is 42.5 Å². The maximum absolute atomic E-state index is 15.6. The number of likely N-dealkylation sites (tertiary alicyclic amines) is 1. The minimum Gasteiger partial charge on any atom is -0.356 e. The Bertz CT molecular complexity index is 3460. The second-order valence-electron chi connectivity index (χ2n) is 22.1. The molecule has 0 radical (unpaired) electrons. The number of carbonyl (C=O) groups excluding carboxylic acids is 3. The molecule has 17 nitrogen and oxygen atoms in total. The van der Waals surface area contributed by atoms with Crippen molar-refractivity contribution in [3.05, 3.63) is 117 Å². The third-order valence-corrected chi connectivity index (χ3v) is 16.7. The molecule has 0 bridgehead atoms. The molecule has 2 unspecified atom stereocenters. The number of nitrogens with one attached hydrogen (secondary N) is 4. The van der Waals surface area contributed by atoms with Crippen LogP contribution in [0.1, 0.15) is 131 Å². The summed E-state index contributed by atoms with van der Waals surface area (Å²) < 4.78 is 56.7. The van der Waals surface area contributed by atoms with Crippen LogP contribution >= 0.6 is 11.3 Å². The number of carbonyl (C=O) groups is 3. The second-order valence-corrected chi connectivity index (χ2v) is 25.1. The van der Waals surface area contributed by atoms with Crippen molar-refractivity contribution in [3.63, 3.8) is 0 Å². The van der Waals surface area contributed by atoms with Crippen molar-refractivity contribution in [1.82, 2.24) is 40.5 Å². The Morgan fingerprint density at radius 1 is 0.987 bits per heavy atom. The van der Waals surface area contributed by atoms with Crippen LogP contribution in [0.15, 0.2) is 76.4 Å². The molecule has 0 spiro atoms. The minimum absolute atomic E-state index is 0.00430. The zero-order valence-corrected chi connectivity index (χ0v) is 46.9. The highest BCUT2D eigenvalue weighted by atomic mass is 32.2. The molecule has 3 aliphatic heterocycles. The monoisotopic (exact) mass is 1110 g/mol. The summed E-state index contributed by atoms with van der Waals surface area (Å²) in [5.41, 5.74) is 8.60. The summed E-state index contributed by atoms with van der Waals surface area (Å²) in [5, 5.41) is 6.61. The summed E-state index contributed by atoms with van der Waals surface area (Å²) in [5.74, 6) is -2.67. The number of aromatic amines is 1. The van der Waals surface area contributed by atoms with E-state index >= 15 is 4.39 Å². The molecule has 9 rings (SSSR count). The van der Waals surface area contributed by atoms with Gasteiger partial charge in [-0.3, -0.25) is 19.2 Å². The first kappa shape index (κ1) is 55.9. The number of halogens is 2. The number of hydrogen-bond donors (Lipinski definition) is 4. The summed E-state index contributed by atoms with van der Waals surface area (Å²) in [4.78, 5) is 81.9. The molecule has 3 amide bonds. The van der Waals surface area contributed by atoms with Gasteiger partial charge >= 0.3 is 0 Å². The Morgan fingerprint density at radius 3 is 2.38 bits per heavy atom. The van der Waals surface area contributed by atoms with Gasteiger partial charge in [-0.2, -0.15) is 0 Å². The fourth-order valence-electron chi connectivity index (χ4n) is 10.8. The number of aryl methyl sites for hydroxylation is 2. The average Bonchev–Trinajstić information content (AvgIpc) is 4.22. The number of rotatable bonds is 20. The lowest BCUT2D eigenvalue weighted by Gasteiger charge is -2.35. The number of aromatic nitrogens is 4. The quantitative estimate of drug-likeness (QED) is 0.0529. The zero-order chi connectivity index (χ0) is 55.7. The van der Waals surface area contributed by atoms with E-state index in [4.69, 9.17) is 9.83 Å². The Balaban J connectivity index is 0.743. The number of hydroxylamine groups is 1. The molecule has 4 N–H and O–H groups in total. The first-order valence-electron chi connectivity index (χ1n) is 26.7. The molecule has 7 heterocycles. The third-order valence-electron chi connectivity index (χ3n) is 14.9. The number of anilines is 2. The van der Waals surface area contributed by atoms with Crippen LogP contribution in [0, 0.1) is 24.0 Å². The van der Waals surface area contributed by atoms with Crippen LogP contribution in [-0.2, 0) is 49.3 Å². The standard InChI is InChI=1S/C57H68F2N10O7S2/c1-34-49(77-33-63-34)35-19-21-38(22-20-35)57(5)65-51(66-76-57)44-17-16-24-68(44)55(73)50(56(2,3)4)64-46(70)18-14-12-10-8-9-11-13-15-23-60-53(71)40-27-45-41(25-36(40)32-78(7,74)75)42-31-67(6)54(72)48-47(42)37(28-61-48)30-69(45)52-43(59)26-39(58)29-62-52/h19-22,25-29,31,33,44,50,61H,8-18,23-24,30,32H2,1-7H3,(H,60,71)(H,64,70)(H,65,66)/t44?,50?,57-/m1/s1. The van der Waals surface area contributed by atoms with E-state index in [1.807, 2.05) is 69.3 Å². The van der Waals surface area contributed by atoms with Crippen LogP contribution in [0.2, 0.25) is 0 Å². The topological polar surface area (TPSA) is 213 Å². The summed E-state index contributed by atoms with van der Waals surface area (Å²) in [7, 11) is -2.07. The lowest BCUT2D eigenvalue weighted by Crippen LogP contribution is -2.57. The highest BCUT2D eigenvalue weighted by molar-refractivity contribution is 7.89. The fourth-order valence-corrected chi connectivity index (χ4v) is 12.4. The number of amides is 3. The maximum atomic E-state index is 15.6. The number of amidine groups is 1. The second kappa shape index (κ2) is 22.9. The summed E-state index contributed by atoms with van der Waals surface area (Å²) in [6.45, 7) is 10.7. The van der Waals surface area contributed by atoms with Crippen LogP contribution in [0.5, 0.6) is 0 Å². The van der Waals surface area contributed by atoms with E-state index in [2.05, 4.69) is 31.1 Å². The first-order chi connectivity index (χ1) is 37.1. The number of sulfone groups is 1. The number of thiazole rings is 1. The van der Waals surface area contributed by atoms with Crippen LogP contribution in [0.4, 0.5) is 20.3 Å². The Morgan fingerprint density at radius 2 is 1.71 bits per heavy atom. The molecule has 2 aromatic carbocycles. The van der Waals surface area contributed by atoms with E-state index in [1.165, 1.54) is 15.5 Å². The van der Waals surface area contributed by atoms with E-state index < -0.39 is 50.3 Å². The molecule has 0 aliphatic carbocycles. The highest BCUT2D eigenvalue weighted by Crippen LogP contribution is 2.45. The molecule has 6 aromatic rings. The lowest BCUT2D eigenvalue weighted by molar-refractivity contribution is -0.139. The van der Waals surface area contributed by atoms with E-state index in [1.54, 1.807) is 36.8 Å². The Labute approximate surface area is 457 Å². The van der Waals surface area contributed by atoms with E-state index in [0.717, 1.165) is 91.6 Å². The Kier molecular flexibility index (Phi) is 16.4. The van der Waals surface area contributed by atoms with E-state index in [0.29, 0.717) is 71.5 Å². The normalized spacial score (nSPS) is 17.7. The number of hydrogen-bond acceptors (Lipinski definition) is 13. The van der Waals surface area contributed by atoms with E-state index in [-0.39, 0.29) is 46.9 Å². The van der Waals surface area contributed by atoms with Crippen LogP contribution < -0.4 is 26.6 Å². The van der Waals surface area contributed by atoms with Gasteiger partial charge in [0.1, 0.15) is 23.2 Å². The van der Waals surface area contributed by atoms with Gasteiger partial charge in [-0.05, 0) is 73.8 Å².